The Morgan fingerprint density at radius 3 is 2.33 bits per heavy atom. The van der Waals surface area contributed by atoms with Crippen molar-refractivity contribution in [2.24, 2.45) is 5.73 Å². The molecule has 0 atom stereocenters. The zero-order valence-corrected chi connectivity index (χ0v) is 7.84. The summed E-state index contributed by atoms with van der Waals surface area (Å²) in [5.74, 6) is 0. The van der Waals surface area contributed by atoms with Gasteiger partial charge in [-0.05, 0) is 30.4 Å². The molecule has 12 heavy (non-hydrogen) atoms. The van der Waals surface area contributed by atoms with Crippen LogP contribution in [-0.4, -0.2) is 6.54 Å². The third kappa shape index (κ3) is 5.78. The molecule has 0 aliphatic heterocycles. The van der Waals surface area contributed by atoms with E-state index in [0.29, 0.717) is 0 Å². The normalized spacial score (nSPS) is 7.75. The van der Waals surface area contributed by atoms with Gasteiger partial charge in [0.25, 0.3) is 0 Å². The standard InChI is InChI=1S/C7H5NS.C2H7N/c8-6-9-7-4-2-1-3-5-7;1-2-3/h1-5H;2-3H2,1H3. The molecular weight excluding hydrogens is 168 g/mol. The van der Waals surface area contributed by atoms with E-state index in [9.17, 15) is 0 Å². The van der Waals surface area contributed by atoms with Crippen LogP contribution < -0.4 is 5.73 Å². The predicted octanol–water partition coefficient (Wildman–Crippen LogP) is 2.22. The van der Waals surface area contributed by atoms with Gasteiger partial charge in [-0.25, -0.2) is 0 Å². The molecule has 0 heterocycles. The van der Waals surface area contributed by atoms with Gasteiger partial charge >= 0.3 is 0 Å². The minimum absolute atomic E-state index is 0.750. The quantitative estimate of drug-likeness (QED) is 0.532. The minimum atomic E-state index is 0.750. The Hall–Kier alpha value is -0.980. The largest absolute Gasteiger partial charge is 0.331 e. The molecule has 0 amide bonds. The molecule has 3 heteroatoms. The molecule has 2 nitrogen and oxygen atoms in total. The molecule has 0 saturated carbocycles. The summed E-state index contributed by atoms with van der Waals surface area (Å²) in [6, 6.07) is 9.59. The van der Waals surface area contributed by atoms with Crippen molar-refractivity contribution in [3.05, 3.63) is 30.3 Å². The molecule has 0 radical (unpaired) electrons. The highest BCUT2D eigenvalue weighted by atomic mass is 32.2. The average Bonchev–Trinajstić information content (AvgIpc) is 2.08. The van der Waals surface area contributed by atoms with E-state index in [1.54, 1.807) is 0 Å². The van der Waals surface area contributed by atoms with Gasteiger partial charge in [-0.1, -0.05) is 25.1 Å². The van der Waals surface area contributed by atoms with Gasteiger partial charge in [0, 0.05) is 4.90 Å². The summed E-state index contributed by atoms with van der Waals surface area (Å²) in [7, 11) is 0. The molecule has 0 spiro atoms. The van der Waals surface area contributed by atoms with Crippen LogP contribution in [0.15, 0.2) is 35.2 Å². The van der Waals surface area contributed by atoms with Crippen LogP contribution in [0.5, 0.6) is 0 Å². The number of thiocyanates is 1. The molecular formula is C9H12N2S. The number of rotatable bonds is 1. The Bertz CT molecular complexity index is 228. The van der Waals surface area contributed by atoms with Crippen molar-refractivity contribution in [3.8, 4) is 5.40 Å². The van der Waals surface area contributed by atoms with Gasteiger partial charge in [0.2, 0.25) is 0 Å². The lowest BCUT2D eigenvalue weighted by Gasteiger charge is -1.86. The third-order valence-corrected chi connectivity index (χ3v) is 1.51. The fraction of sp³-hybridized carbons (Fsp3) is 0.222. The van der Waals surface area contributed by atoms with E-state index in [4.69, 9.17) is 11.0 Å². The number of benzene rings is 1. The SMILES string of the molecule is CCN.N#CSc1ccccc1. The van der Waals surface area contributed by atoms with Crippen molar-refractivity contribution >= 4 is 11.8 Å². The molecule has 2 N–H and O–H groups in total. The van der Waals surface area contributed by atoms with E-state index in [2.05, 4.69) is 0 Å². The number of thioether (sulfide) groups is 1. The summed E-state index contributed by atoms with van der Waals surface area (Å²) in [5, 5.41) is 10.2. The summed E-state index contributed by atoms with van der Waals surface area (Å²) in [6.45, 7) is 2.65. The number of nitriles is 1. The topological polar surface area (TPSA) is 49.8 Å². The minimum Gasteiger partial charge on any atom is -0.331 e. The smallest absolute Gasteiger partial charge is 0.138 e. The summed E-state index contributed by atoms with van der Waals surface area (Å²) in [4.78, 5) is 1.00. The summed E-state index contributed by atoms with van der Waals surface area (Å²) in [6.07, 6.45) is 0. The van der Waals surface area contributed by atoms with Gasteiger partial charge < -0.3 is 5.73 Å². The Balaban J connectivity index is 0.000000354. The van der Waals surface area contributed by atoms with Gasteiger partial charge in [0.15, 0.2) is 0 Å². The van der Waals surface area contributed by atoms with E-state index in [0.717, 1.165) is 11.4 Å². The van der Waals surface area contributed by atoms with Gasteiger partial charge in [-0.15, -0.1) is 0 Å². The van der Waals surface area contributed by atoms with E-state index >= 15 is 0 Å². The Labute approximate surface area is 77.4 Å². The zero-order valence-electron chi connectivity index (χ0n) is 7.03. The van der Waals surface area contributed by atoms with Crippen LogP contribution in [0.4, 0.5) is 0 Å². The number of nitrogens with two attached hydrogens (primary N) is 1. The van der Waals surface area contributed by atoms with Crippen LogP contribution in [0.1, 0.15) is 6.92 Å². The molecule has 1 rings (SSSR count). The molecule has 0 bridgehead atoms. The first kappa shape index (κ1) is 11.0. The average molecular weight is 180 g/mol. The van der Waals surface area contributed by atoms with E-state index < -0.39 is 0 Å². The fourth-order valence-electron chi connectivity index (χ4n) is 0.541. The van der Waals surface area contributed by atoms with Gasteiger partial charge in [-0.2, -0.15) is 5.26 Å². The first-order chi connectivity index (χ1) is 5.85. The molecule has 0 unspecified atom stereocenters. The first-order valence-corrected chi connectivity index (χ1v) is 4.47. The summed E-state index contributed by atoms with van der Waals surface area (Å²) < 4.78 is 0. The summed E-state index contributed by atoms with van der Waals surface area (Å²) in [5.41, 5.74) is 4.85. The monoisotopic (exact) mass is 180 g/mol. The van der Waals surface area contributed by atoms with Crippen LogP contribution in [0.3, 0.4) is 0 Å². The third-order valence-electron chi connectivity index (χ3n) is 0.907. The van der Waals surface area contributed by atoms with Crippen molar-refractivity contribution in [1.29, 1.82) is 5.26 Å². The lowest BCUT2D eigenvalue weighted by atomic mass is 10.4. The summed E-state index contributed by atoms with van der Waals surface area (Å²) >= 11 is 1.18. The molecule has 0 aliphatic rings. The second-order valence-corrected chi connectivity index (χ2v) is 2.77. The Morgan fingerprint density at radius 1 is 1.42 bits per heavy atom. The molecule has 0 aromatic heterocycles. The van der Waals surface area contributed by atoms with Crippen molar-refractivity contribution in [2.75, 3.05) is 6.54 Å². The second-order valence-electron chi connectivity index (χ2n) is 1.91. The highest BCUT2D eigenvalue weighted by Crippen LogP contribution is 2.13. The molecule has 1 aromatic carbocycles. The lowest BCUT2D eigenvalue weighted by Crippen LogP contribution is -1.87. The van der Waals surface area contributed by atoms with Crippen LogP contribution in [0, 0.1) is 10.7 Å². The predicted molar refractivity (Wildman–Crippen MR) is 52.6 cm³/mol. The van der Waals surface area contributed by atoms with Crippen molar-refractivity contribution in [1.82, 2.24) is 0 Å². The maximum atomic E-state index is 8.23. The first-order valence-electron chi connectivity index (χ1n) is 3.66. The van der Waals surface area contributed by atoms with Crippen LogP contribution >= 0.6 is 11.8 Å². The van der Waals surface area contributed by atoms with Crippen LogP contribution in [0.25, 0.3) is 0 Å². The van der Waals surface area contributed by atoms with E-state index in [1.807, 2.05) is 42.7 Å². The Morgan fingerprint density at radius 2 is 1.92 bits per heavy atom. The Kier molecular flexibility index (Phi) is 7.46. The molecule has 0 saturated heterocycles. The highest BCUT2D eigenvalue weighted by molar-refractivity contribution is 8.03. The highest BCUT2D eigenvalue weighted by Gasteiger charge is 1.85. The van der Waals surface area contributed by atoms with E-state index in [-0.39, 0.29) is 0 Å². The second kappa shape index (κ2) is 8.12. The lowest BCUT2D eigenvalue weighted by molar-refractivity contribution is 1.14. The van der Waals surface area contributed by atoms with Gasteiger partial charge in [0.1, 0.15) is 5.40 Å². The van der Waals surface area contributed by atoms with Crippen molar-refractivity contribution in [3.63, 3.8) is 0 Å². The van der Waals surface area contributed by atoms with Crippen molar-refractivity contribution in [2.45, 2.75) is 11.8 Å². The zero-order chi connectivity index (χ0) is 9.23. The van der Waals surface area contributed by atoms with Gasteiger partial charge in [0.05, 0.1) is 0 Å². The molecule has 1 aromatic rings. The maximum absolute atomic E-state index is 8.23. The van der Waals surface area contributed by atoms with Crippen LogP contribution in [-0.2, 0) is 0 Å². The van der Waals surface area contributed by atoms with Gasteiger partial charge in [-0.3, -0.25) is 0 Å². The number of hydrogen-bond donors (Lipinski definition) is 1. The maximum Gasteiger partial charge on any atom is 0.138 e. The molecule has 64 valence electrons. The number of nitrogens with zero attached hydrogens (tertiary/aromatic N) is 1. The fourth-order valence-corrected chi connectivity index (χ4v) is 0.940. The van der Waals surface area contributed by atoms with Crippen LogP contribution in [0.2, 0.25) is 0 Å². The van der Waals surface area contributed by atoms with Crippen molar-refractivity contribution < 1.29 is 0 Å². The van der Waals surface area contributed by atoms with E-state index in [1.165, 1.54) is 11.8 Å². The molecule has 0 fully saturated rings. The number of hydrogen-bond acceptors (Lipinski definition) is 3. The molecule has 0 aliphatic carbocycles.